The van der Waals surface area contributed by atoms with E-state index in [0.29, 0.717) is 12.5 Å². The molecule has 0 aromatic heterocycles. The van der Waals surface area contributed by atoms with Crippen molar-refractivity contribution in [1.29, 1.82) is 0 Å². The summed E-state index contributed by atoms with van der Waals surface area (Å²) < 4.78 is 13.7. The van der Waals surface area contributed by atoms with E-state index in [-0.39, 0.29) is 11.3 Å². The highest BCUT2D eigenvalue weighted by Gasteiger charge is 2.29. The van der Waals surface area contributed by atoms with Gasteiger partial charge in [0, 0.05) is 25.2 Å². The van der Waals surface area contributed by atoms with Gasteiger partial charge in [0.15, 0.2) is 0 Å². The molecule has 126 valence electrons. The standard InChI is InChI=1S/C18H25FN2O2/c19-17-10-15(22)6-7-16(17)18(23)20-11-13-8-9-21(12-13)14-4-2-1-3-5-14/h6-7,10,13-14,22H,1-5,8-9,11-12H2,(H,20,23)/t13-/m1/s1. The molecule has 1 heterocycles. The number of aromatic hydroxyl groups is 1. The molecule has 1 aromatic carbocycles. The summed E-state index contributed by atoms with van der Waals surface area (Å²) in [6.07, 6.45) is 7.73. The minimum Gasteiger partial charge on any atom is -0.508 e. The number of carbonyl (C=O) groups excluding carboxylic acids is 1. The van der Waals surface area contributed by atoms with Crippen LogP contribution in [0.2, 0.25) is 0 Å². The van der Waals surface area contributed by atoms with Crippen LogP contribution in [0.3, 0.4) is 0 Å². The summed E-state index contributed by atoms with van der Waals surface area (Å²) in [6, 6.07) is 4.34. The number of nitrogens with zero attached hydrogens (tertiary/aromatic N) is 1. The molecule has 0 unspecified atom stereocenters. The summed E-state index contributed by atoms with van der Waals surface area (Å²) in [5, 5.41) is 12.0. The fraction of sp³-hybridized carbons (Fsp3) is 0.611. The molecule has 1 atom stereocenters. The highest BCUT2D eigenvalue weighted by Crippen LogP contribution is 2.27. The second-order valence-electron chi connectivity index (χ2n) is 6.82. The molecule has 1 aliphatic heterocycles. The third-order valence-corrected chi connectivity index (χ3v) is 5.16. The average Bonchev–Trinajstić information content (AvgIpc) is 3.02. The summed E-state index contributed by atoms with van der Waals surface area (Å²) in [6.45, 7) is 2.73. The van der Waals surface area contributed by atoms with Gasteiger partial charge < -0.3 is 15.3 Å². The van der Waals surface area contributed by atoms with Crippen molar-refractivity contribution in [3.8, 4) is 5.75 Å². The first kappa shape index (κ1) is 16.2. The van der Waals surface area contributed by atoms with Crippen LogP contribution in [0.5, 0.6) is 5.75 Å². The lowest BCUT2D eigenvalue weighted by Crippen LogP contribution is -2.36. The molecule has 1 aliphatic carbocycles. The van der Waals surface area contributed by atoms with Crippen LogP contribution >= 0.6 is 0 Å². The molecule has 23 heavy (non-hydrogen) atoms. The molecule has 1 saturated carbocycles. The molecule has 2 aliphatic rings. The van der Waals surface area contributed by atoms with Crippen molar-refractivity contribution in [2.24, 2.45) is 5.92 Å². The van der Waals surface area contributed by atoms with E-state index in [9.17, 15) is 14.3 Å². The van der Waals surface area contributed by atoms with Crippen LogP contribution in [0.1, 0.15) is 48.9 Å². The van der Waals surface area contributed by atoms with Crippen molar-refractivity contribution in [3.63, 3.8) is 0 Å². The van der Waals surface area contributed by atoms with Crippen LogP contribution in [-0.4, -0.2) is 41.6 Å². The van der Waals surface area contributed by atoms with Gasteiger partial charge in [0.2, 0.25) is 0 Å². The summed E-state index contributed by atoms with van der Waals surface area (Å²) in [7, 11) is 0. The van der Waals surface area contributed by atoms with Gasteiger partial charge in [-0.2, -0.15) is 0 Å². The number of carbonyl (C=O) groups is 1. The van der Waals surface area contributed by atoms with E-state index in [1.807, 2.05) is 0 Å². The maximum Gasteiger partial charge on any atom is 0.254 e. The highest BCUT2D eigenvalue weighted by molar-refractivity contribution is 5.94. The number of likely N-dealkylation sites (tertiary alicyclic amines) is 1. The predicted molar refractivity (Wildman–Crippen MR) is 87.0 cm³/mol. The van der Waals surface area contributed by atoms with Crippen molar-refractivity contribution >= 4 is 5.91 Å². The Morgan fingerprint density at radius 3 is 2.78 bits per heavy atom. The number of hydrogen-bond acceptors (Lipinski definition) is 3. The lowest BCUT2D eigenvalue weighted by molar-refractivity contribution is 0.0942. The Kier molecular flexibility index (Phi) is 5.16. The molecule has 5 heteroatoms. The third kappa shape index (κ3) is 4.02. The zero-order valence-electron chi connectivity index (χ0n) is 13.4. The highest BCUT2D eigenvalue weighted by atomic mass is 19.1. The van der Waals surface area contributed by atoms with Crippen molar-refractivity contribution in [2.45, 2.75) is 44.6 Å². The Balaban J connectivity index is 1.48. The molecular weight excluding hydrogens is 295 g/mol. The molecule has 0 spiro atoms. The topological polar surface area (TPSA) is 52.6 Å². The lowest BCUT2D eigenvalue weighted by atomic mass is 9.94. The van der Waals surface area contributed by atoms with E-state index in [2.05, 4.69) is 10.2 Å². The number of phenolic OH excluding ortho intramolecular Hbond substituents is 1. The van der Waals surface area contributed by atoms with Crippen LogP contribution in [0.4, 0.5) is 4.39 Å². The number of nitrogens with one attached hydrogen (secondary N) is 1. The Labute approximate surface area is 136 Å². The van der Waals surface area contributed by atoms with Crippen molar-refractivity contribution in [1.82, 2.24) is 10.2 Å². The quantitative estimate of drug-likeness (QED) is 0.897. The van der Waals surface area contributed by atoms with Crippen molar-refractivity contribution in [2.75, 3.05) is 19.6 Å². The average molecular weight is 320 g/mol. The molecule has 4 nitrogen and oxygen atoms in total. The van der Waals surface area contributed by atoms with Gasteiger partial charge in [-0.3, -0.25) is 4.79 Å². The fourth-order valence-corrected chi connectivity index (χ4v) is 3.83. The molecule has 1 aromatic rings. The van der Waals surface area contributed by atoms with Crippen LogP contribution < -0.4 is 5.32 Å². The van der Waals surface area contributed by atoms with Gasteiger partial charge in [0.25, 0.3) is 5.91 Å². The zero-order chi connectivity index (χ0) is 16.2. The SMILES string of the molecule is O=C(NC[C@H]1CCN(C2CCCCC2)C1)c1ccc(O)cc1F. The van der Waals surface area contributed by atoms with Gasteiger partial charge in [-0.15, -0.1) is 0 Å². The normalized spacial score (nSPS) is 23.1. The number of halogens is 1. The summed E-state index contributed by atoms with van der Waals surface area (Å²) in [5.41, 5.74) is -0.00932. The number of phenols is 1. The van der Waals surface area contributed by atoms with E-state index in [1.165, 1.54) is 44.2 Å². The van der Waals surface area contributed by atoms with E-state index < -0.39 is 11.7 Å². The lowest BCUT2D eigenvalue weighted by Gasteiger charge is -2.31. The molecule has 0 radical (unpaired) electrons. The van der Waals surface area contributed by atoms with Crippen molar-refractivity contribution in [3.05, 3.63) is 29.6 Å². The molecule has 3 rings (SSSR count). The van der Waals surface area contributed by atoms with E-state index >= 15 is 0 Å². The van der Waals surface area contributed by atoms with Gasteiger partial charge >= 0.3 is 0 Å². The molecule has 2 fully saturated rings. The largest absolute Gasteiger partial charge is 0.508 e. The molecular formula is C18H25FN2O2. The second kappa shape index (κ2) is 7.30. The second-order valence-corrected chi connectivity index (χ2v) is 6.82. The maximum absolute atomic E-state index is 13.7. The summed E-state index contributed by atoms with van der Waals surface area (Å²) in [4.78, 5) is 14.6. The number of rotatable bonds is 4. The molecule has 2 N–H and O–H groups in total. The molecule has 0 bridgehead atoms. The molecule has 1 amide bonds. The summed E-state index contributed by atoms with van der Waals surface area (Å²) >= 11 is 0. The van der Waals surface area contributed by atoms with Gasteiger partial charge in [0.1, 0.15) is 11.6 Å². The number of hydrogen-bond donors (Lipinski definition) is 2. The maximum atomic E-state index is 13.7. The smallest absolute Gasteiger partial charge is 0.254 e. The van der Waals surface area contributed by atoms with Gasteiger partial charge in [-0.1, -0.05) is 19.3 Å². The van der Waals surface area contributed by atoms with Crippen molar-refractivity contribution < 1.29 is 14.3 Å². The number of benzene rings is 1. The van der Waals surface area contributed by atoms with Gasteiger partial charge in [0.05, 0.1) is 5.56 Å². The number of amides is 1. The fourth-order valence-electron chi connectivity index (χ4n) is 3.83. The van der Waals surface area contributed by atoms with E-state index in [1.54, 1.807) is 0 Å². The predicted octanol–water partition coefficient (Wildman–Crippen LogP) is 2.92. The van der Waals surface area contributed by atoms with Crippen LogP contribution in [-0.2, 0) is 0 Å². The van der Waals surface area contributed by atoms with Crippen LogP contribution in [0.15, 0.2) is 18.2 Å². The Hall–Kier alpha value is -1.62. The minimum absolute atomic E-state index is 0.00932. The van der Waals surface area contributed by atoms with Gasteiger partial charge in [-0.25, -0.2) is 4.39 Å². The Morgan fingerprint density at radius 1 is 1.26 bits per heavy atom. The monoisotopic (exact) mass is 320 g/mol. The van der Waals surface area contributed by atoms with E-state index in [0.717, 1.165) is 31.6 Å². The summed E-state index contributed by atoms with van der Waals surface area (Å²) in [5.74, 6) is -0.810. The zero-order valence-corrected chi connectivity index (χ0v) is 13.4. The Bertz CT molecular complexity index is 558. The van der Waals surface area contributed by atoms with Gasteiger partial charge in [-0.05, 0) is 43.9 Å². The molecule has 1 saturated heterocycles. The first-order chi connectivity index (χ1) is 11.1. The van der Waals surface area contributed by atoms with Crippen LogP contribution in [0.25, 0.3) is 0 Å². The third-order valence-electron chi connectivity index (χ3n) is 5.16. The Morgan fingerprint density at radius 2 is 2.04 bits per heavy atom. The van der Waals surface area contributed by atoms with Crippen LogP contribution in [0, 0.1) is 11.7 Å². The van der Waals surface area contributed by atoms with E-state index in [4.69, 9.17) is 0 Å². The first-order valence-corrected chi connectivity index (χ1v) is 8.64. The minimum atomic E-state index is -0.683. The first-order valence-electron chi connectivity index (χ1n) is 8.64.